The number of anilines is 1. The van der Waals surface area contributed by atoms with Crippen molar-refractivity contribution in [3.05, 3.63) is 23.6 Å². The van der Waals surface area contributed by atoms with Gasteiger partial charge in [0.25, 0.3) is 5.91 Å². The quantitative estimate of drug-likeness (QED) is 0.379. The molecule has 0 saturated carbocycles. The maximum atomic E-state index is 13.7. The molecular weight excluding hydrogens is 239 g/mol. The molecule has 0 aliphatic heterocycles. The van der Waals surface area contributed by atoms with Crippen LogP contribution in [-0.2, 0) is 4.74 Å². The minimum Gasteiger partial charge on any atom is -0.382 e. The summed E-state index contributed by atoms with van der Waals surface area (Å²) in [5.41, 5.74) is 2.00. The second kappa shape index (κ2) is 7.57. The summed E-state index contributed by atoms with van der Waals surface area (Å²) >= 11 is 0. The zero-order valence-corrected chi connectivity index (χ0v) is 10.2. The molecule has 0 atom stereocenters. The summed E-state index contributed by atoms with van der Waals surface area (Å²) in [7, 11) is 0. The van der Waals surface area contributed by atoms with Gasteiger partial charge in [-0.25, -0.2) is 15.2 Å². The average molecular weight is 256 g/mol. The number of rotatable bonds is 7. The van der Waals surface area contributed by atoms with E-state index in [0.717, 1.165) is 0 Å². The van der Waals surface area contributed by atoms with Gasteiger partial charge in [-0.1, -0.05) is 0 Å². The van der Waals surface area contributed by atoms with Gasteiger partial charge in [-0.15, -0.1) is 0 Å². The number of carbonyl (C=O) groups is 1. The van der Waals surface area contributed by atoms with E-state index in [-0.39, 0.29) is 11.4 Å². The molecule has 100 valence electrons. The van der Waals surface area contributed by atoms with E-state index >= 15 is 0 Å². The molecule has 1 aromatic rings. The number of nitrogens with zero attached hydrogens (tertiary/aromatic N) is 1. The molecule has 0 aliphatic carbocycles. The Kier molecular flexibility index (Phi) is 6.03. The van der Waals surface area contributed by atoms with Crippen LogP contribution in [-0.4, -0.2) is 30.6 Å². The van der Waals surface area contributed by atoms with E-state index < -0.39 is 11.7 Å². The van der Waals surface area contributed by atoms with Crippen LogP contribution in [0.3, 0.4) is 0 Å². The first-order valence-electron chi connectivity index (χ1n) is 5.67. The molecule has 7 heteroatoms. The van der Waals surface area contributed by atoms with Crippen LogP contribution in [0.1, 0.15) is 23.7 Å². The third-order valence-electron chi connectivity index (χ3n) is 2.23. The Balaban J connectivity index is 2.51. The largest absolute Gasteiger partial charge is 0.382 e. The van der Waals surface area contributed by atoms with E-state index in [4.69, 9.17) is 10.6 Å². The van der Waals surface area contributed by atoms with Crippen LogP contribution in [0.5, 0.6) is 0 Å². The molecule has 0 spiro atoms. The molecule has 1 aromatic heterocycles. The van der Waals surface area contributed by atoms with Crippen molar-refractivity contribution in [2.75, 3.05) is 25.2 Å². The van der Waals surface area contributed by atoms with Crippen LogP contribution < -0.4 is 16.6 Å². The molecule has 0 saturated heterocycles. The number of pyridine rings is 1. The van der Waals surface area contributed by atoms with Gasteiger partial charge in [0.1, 0.15) is 0 Å². The molecule has 0 fully saturated rings. The highest BCUT2D eigenvalue weighted by Gasteiger charge is 2.14. The Labute approximate surface area is 105 Å². The number of nitrogens with two attached hydrogens (primary N) is 1. The van der Waals surface area contributed by atoms with Gasteiger partial charge in [0, 0.05) is 26.0 Å². The Morgan fingerprint density at radius 1 is 1.61 bits per heavy atom. The molecule has 18 heavy (non-hydrogen) atoms. The highest BCUT2D eigenvalue weighted by Crippen LogP contribution is 2.13. The first-order chi connectivity index (χ1) is 8.70. The molecule has 1 rings (SSSR count). The summed E-state index contributed by atoms with van der Waals surface area (Å²) in [6.45, 7) is 3.52. The number of nitrogen functional groups attached to an aromatic ring is 1. The number of amides is 1. The first-order valence-corrected chi connectivity index (χ1v) is 5.67. The fourth-order valence-corrected chi connectivity index (χ4v) is 1.34. The van der Waals surface area contributed by atoms with E-state index in [0.29, 0.717) is 26.2 Å². The lowest BCUT2D eigenvalue weighted by Crippen LogP contribution is -2.27. The van der Waals surface area contributed by atoms with E-state index in [1.807, 2.05) is 6.92 Å². The first kappa shape index (κ1) is 14.3. The SMILES string of the molecule is CCOCCCNC(=O)c1ccnc(NN)c1F. The van der Waals surface area contributed by atoms with Gasteiger partial charge in [0.05, 0.1) is 5.56 Å². The van der Waals surface area contributed by atoms with E-state index in [9.17, 15) is 9.18 Å². The van der Waals surface area contributed by atoms with Crippen molar-refractivity contribution in [2.24, 2.45) is 5.84 Å². The number of hydrogen-bond acceptors (Lipinski definition) is 5. The molecule has 1 amide bonds. The van der Waals surface area contributed by atoms with Gasteiger partial charge in [-0.05, 0) is 19.4 Å². The van der Waals surface area contributed by atoms with Gasteiger partial charge >= 0.3 is 0 Å². The minimum absolute atomic E-state index is 0.0886. The smallest absolute Gasteiger partial charge is 0.254 e. The fourth-order valence-electron chi connectivity index (χ4n) is 1.34. The molecule has 1 heterocycles. The number of aromatic nitrogens is 1. The molecule has 0 bridgehead atoms. The molecule has 0 unspecified atom stereocenters. The lowest BCUT2D eigenvalue weighted by molar-refractivity contribution is 0.0940. The Bertz CT molecular complexity index is 401. The Morgan fingerprint density at radius 2 is 2.39 bits per heavy atom. The maximum Gasteiger partial charge on any atom is 0.254 e. The van der Waals surface area contributed by atoms with Gasteiger partial charge in [0.15, 0.2) is 11.6 Å². The summed E-state index contributed by atoms with van der Waals surface area (Å²) in [6, 6.07) is 1.30. The third kappa shape index (κ3) is 3.94. The molecule has 6 nitrogen and oxygen atoms in total. The van der Waals surface area contributed by atoms with E-state index in [1.54, 1.807) is 0 Å². The second-order valence-corrected chi connectivity index (χ2v) is 3.47. The topological polar surface area (TPSA) is 89.3 Å². The van der Waals surface area contributed by atoms with Crippen molar-refractivity contribution in [1.82, 2.24) is 10.3 Å². The average Bonchev–Trinajstić information content (AvgIpc) is 2.38. The number of halogens is 1. The van der Waals surface area contributed by atoms with Crippen LogP contribution in [0.15, 0.2) is 12.3 Å². The van der Waals surface area contributed by atoms with Crippen molar-refractivity contribution in [2.45, 2.75) is 13.3 Å². The molecule has 0 aromatic carbocycles. The zero-order chi connectivity index (χ0) is 13.4. The zero-order valence-electron chi connectivity index (χ0n) is 10.2. The van der Waals surface area contributed by atoms with E-state index in [1.165, 1.54) is 12.3 Å². The standard InChI is InChI=1S/C11H17FN4O2/c1-2-18-7-3-5-15-11(17)8-4-6-14-10(16-13)9(8)12/h4,6H,2-3,5,7,13H2,1H3,(H,14,16)(H,15,17). The highest BCUT2D eigenvalue weighted by molar-refractivity contribution is 5.95. The lowest BCUT2D eigenvalue weighted by atomic mass is 10.2. The predicted octanol–water partition coefficient (Wildman–Crippen LogP) is 0.663. The van der Waals surface area contributed by atoms with Crippen LogP contribution in [0.4, 0.5) is 10.2 Å². The van der Waals surface area contributed by atoms with Gasteiger partial charge in [-0.2, -0.15) is 0 Å². The van der Waals surface area contributed by atoms with Gasteiger partial charge in [0.2, 0.25) is 0 Å². The summed E-state index contributed by atoms with van der Waals surface area (Å²) in [5, 5.41) is 2.59. The van der Waals surface area contributed by atoms with E-state index in [2.05, 4.69) is 15.7 Å². The molecular formula is C11H17FN4O2. The molecule has 4 N–H and O–H groups in total. The summed E-state index contributed by atoms with van der Waals surface area (Å²) < 4.78 is 18.8. The van der Waals surface area contributed by atoms with Gasteiger partial charge in [-0.3, -0.25) is 4.79 Å². The second-order valence-electron chi connectivity index (χ2n) is 3.47. The Morgan fingerprint density at radius 3 is 3.06 bits per heavy atom. The Hall–Kier alpha value is -1.73. The summed E-state index contributed by atoms with van der Waals surface area (Å²) in [6.07, 6.45) is 1.99. The van der Waals surface area contributed by atoms with Crippen molar-refractivity contribution < 1.29 is 13.9 Å². The van der Waals surface area contributed by atoms with Crippen LogP contribution in [0.2, 0.25) is 0 Å². The maximum absolute atomic E-state index is 13.7. The predicted molar refractivity (Wildman–Crippen MR) is 65.4 cm³/mol. The number of hydrogen-bond donors (Lipinski definition) is 3. The number of ether oxygens (including phenoxy) is 1. The number of nitrogens with one attached hydrogen (secondary N) is 2. The van der Waals surface area contributed by atoms with Crippen LogP contribution >= 0.6 is 0 Å². The van der Waals surface area contributed by atoms with Crippen molar-refractivity contribution in [3.63, 3.8) is 0 Å². The molecule has 0 radical (unpaired) electrons. The summed E-state index contributed by atoms with van der Waals surface area (Å²) in [4.78, 5) is 15.3. The summed E-state index contributed by atoms with van der Waals surface area (Å²) in [5.74, 6) is 3.66. The van der Waals surface area contributed by atoms with Crippen LogP contribution in [0.25, 0.3) is 0 Å². The monoisotopic (exact) mass is 256 g/mol. The fraction of sp³-hybridized carbons (Fsp3) is 0.455. The number of carbonyl (C=O) groups excluding carboxylic acids is 1. The normalized spacial score (nSPS) is 10.2. The van der Waals surface area contributed by atoms with Gasteiger partial charge < -0.3 is 15.5 Å². The van der Waals surface area contributed by atoms with Crippen molar-refractivity contribution >= 4 is 11.7 Å². The van der Waals surface area contributed by atoms with Crippen molar-refractivity contribution in [3.8, 4) is 0 Å². The lowest BCUT2D eigenvalue weighted by Gasteiger charge is -2.08. The highest BCUT2D eigenvalue weighted by atomic mass is 19.1. The molecule has 0 aliphatic rings. The van der Waals surface area contributed by atoms with Crippen LogP contribution in [0, 0.1) is 5.82 Å². The minimum atomic E-state index is -0.762. The number of hydrazine groups is 1. The van der Waals surface area contributed by atoms with Crippen molar-refractivity contribution in [1.29, 1.82) is 0 Å². The third-order valence-corrected chi connectivity index (χ3v) is 2.23.